The molecule has 2 heterocycles. The Balaban J connectivity index is 2.15. The van der Waals surface area contributed by atoms with Crippen molar-refractivity contribution in [1.29, 1.82) is 0 Å². The molecule has 2 N–H and O–H groups in total. The molecule has 2 rings (SSSR count). The molecule has 0 aliphatic carbocycles. The molecule has 0 aromatic carbocycles. The number of rotatable bonds is 1. The highest BCUT2D eigenvalue weighted by Crippen LogP contribution is 2.25. The molecule has 0 aromatic heterocycles. The molecule has 0 spiro atoms. The van der Waals surface area contributed by atoms with Gasteiger partial charge in [0, 0.05) is 19.6 Å². The van der Waals surface area contributed by atoms with Crippen molar-refractivity contribution in [2.75, 3.05) is 26.2 Å². The highest BCUT2D eigenvalue weighted by atomic mass is 16.2. The van der Waals surface area contributed by atoms with Gasteiger partial charge in [-0.15, -0.1) is 0 Å². The highest BCUT2D eigenvalue weighted by Gasteiger charge is 2.44. The summed E-state index contributed by atoms with van der Waals surface area (Å²) in [5.74, 6) is 0.418. The number of hydrogen-bond donors (Lipinski definition) is 2. The number of carbonyl (C=O) groups is 2. The topological polar surface area (TPSA) is 61.4 Å². The standard InChI is InChI=1S/C12H21N3O2/c1-8-6-13-7-9(8)10(16)15-5-4-14-11(17)12(15,2)3/h8-9,13H,4-7H2,1-3H3,(H,14,17)/t8-,9-/m1/s1. The van der Waals surface area contributed by atoms with Crippen LogP contribution in [0.2, 0.25) is 0 Å². The number of piperazine rings is 1. The van der Waals surface area contributed by atoms with E-state index in [-0.39, 0.29) is 17.7 Å². The van der Waals surface area contributed by atoms with Crippen LogP contribution in [0.5, 0.6) is 0 Å². The Morgan fingerprint density at radius 3 is 2.71 bits per heavy atom. The Bertz CT molecular complexity index is 341. The zero-order chi connectivity index (χ0) is 12.6. The van der Waals surface area contributed by atoms with Crippen LogP contribution in [0.15, 0.2) is 0 Å². The van der Waals surface area contributed by atoms with Crippen LogP contribution in [-0.2, 0) is 9.59 Å². The van der Waals surface area contributed by atoms with Gasteiger partial charge in [0.15, 0.2) is 0 Å². The molecule has 5 heteroatoms. The second-order valence-electron chi connectivity index (χ2n) is 5.55. The van der Waals surface area contributed by atoms with E-state index in [2.05, 4.69) is 17.6 Å². The summed E-state index contributed by atoms with van der Waals surface area (Å²) >= 11 is 0. The summed E-state index contributed by atoms with van der Waals surface area (Å²) in [6.45, 7) is 8.49. The fourth-order valence-electron chi connectivity index (χ4n) is 2.63. The van der Waals surface area contributed by atoms with Crippen molar-refractivity contribution in [3.8, 4) is 0 Å². The maximum Gasteiger partial charge on any atom is 0.245 e. The normalized spacial score (nSPS) is 32.4. The average Bonchev–Trinajstić information content (AvgIpc) is 2.68. The van der Waals surface area contributed by atoms with Gasteiger partial charge in [-0.1, -0.05) is 6.92 Å². The Labute approximate surface area is 102 Å². The lowest BCUT2D eigenvalue weighted by Gasteiger charge is -2.42. The van der Waals surface area contributed by atoms with Gasteiger partial charge in [-0.25, -0.2) is 0 Å². The predicted molar refractivity (Wildman–Crippen MR) is 64.3 cm³/mol. The third-order valence-corrected chi connectivity index (χ3v) is 3.95. The number of hydrogen-bond acceptors (Lipinski definition) is 3. The van der Waals surface area contributed by atoms with Gasteiger partial charge in [-0.3, -0.25) is 9.59 Å². The number of nitrogens with one attached hydrogen (secondary N) is 2. The molecule has 2 amide bonds. The molecule has 2 fully saturated rings. The van der Waals surface area contributed by atoms with E-state index in [9.17, 15) is 9.59 Å². The molecule has 5 nitrogen and oxygen atoms in total. The summed E-state index contributed by atoms with van der Waals surface area (Å²) < 4.78 is 0. The molecule has 2 aliphatic rings. The summed E-state index contributed by atoms with van der Waals surface area (Å²) in [6.07, 6.45) is 0. The fourth-order valence-corrected chi connectivity index (χ4v) is 2.63. The summed E-state index contributed by atoms with van der Waals surface area (Å²) in [7, 11) is 0. The molecule has 96 valence electrons. The van der Waals surface area contributed by atoms with E-state index in [1.807, 2.05) is 13.8 Å². The second-order valence-corrected chi connectivity index (χ2v) is 5.55. The van der Waals surface area contributed by atoms with Gasteiger partial charge in [0.05, 0.1) is 5.92 Å². The zero-order valence-electron chi connectivity index (χ0n) is 10.7. The minimum absolute atomic E-state index is 0.0141. The van der Waals surface area contributed by atoms with E-state index in [0.29, 0.717) is 19.0 Å². The lowest BCUT2D eigenvalue weighted by molar-refractivity contribution is -0.152. The predicted octanol–water partition coefficient (Wildman–Crippen LogP) is -0.421. The van der Waals surface area contributed by atoms with Crippen LogP contribution in [0.4, 0.5) is 0 Å². The first kappa shape index (κ1) is 12.4. The number of carbonyl (C=O) groups excluding carboxylic acids is 2. The fraction of sp³-hybridized carbons (Fsp3) is 0.833. The third-order valence-electron chi connectivity index (χ3n) is 3.95. The largest absolute Gasteiger partial charge is 0.352 e. The van der Waals surface area contributed by atoms with Crippen LogP contribution in [0.1, 0.15) is 20.8 Å². The molecule has 0 bridgehead atoms. The van der Waals surface area contributed by atoms with Gasteiger partial charge in [-0.2, -0.15) is 0 Å². The van der Waals surface area contributed by atoms with Crippen molar-refractivity contribution in [3.63, 3.8) is 0 Å². The molecule has 2 aliphatic heterocycles. The molecular formula is C12H21N3O2. The SMILES string of the molecule is C[C@@H]1CNC[C@H]1C(=O)N1CCNC(=O)C1(C)C. The molecule has 0 saturated carbocycles. The molecule has 2 saturated heterocycles. The molecular weight excluding hydrogens is 218 g/mol. The second kappa shape index (κ2) is 4.29. The maximum atomic E-state index is 12.5. The van der Waals surface area contributed by atoms with Crippen LogP contribution in [-0.4, -0.2) is 48.4 Å². The number of amides is 2. The van der Waals surface area contributed by atoms with E-state index in [4.69, 9.17) is 0 Å². The van der Waals surface area contributed by atoms with E-state index in [0.717, 1.165) is 13.1 Å². The summed E-state index contributed by atoms with van der Waals surface area (Å²) in [4.78, 5) is 26.0. The monoisotopic (exact) mass is 239 g/mol. The Morgan fingerprint density at radius 1 is 1.41 bits per heavy atom. The van der Waals surface area contributed by atoms with Gasteiger partial charge in [0.2, 0.25) is 11.8 Å². The van der Waals surface area contributed by atoms with Crippen molar-refractivity contribution in [2.24, 2.45) is 11.8 Å². The first-order valence-electron chi connectivity index (χ1n) is 6.25. The molecule has 0 unspecified atom stereocenters. The zero-order valence-corrected chi connectivity index (χ0v) is 10.7. The van der Waals surface area contributed by atoms with E-state index in [1.54, 1.807) is 4.90 Å². The van der Waals surface area contributed by atoms with Gasteiger partial charge < -0.3 is 15.5 Å². The van der Waals surface area contributed by atoms with Gasteiger partial charge in [-0.05, 0) is 26.3 Å². The van der Waals surface area contributed by atoms with Crippen LogP contribution in [0.3, 0.4) is 0 Å². The lowest BCUT2D eigenvalue weighted by atomic mass is 9.92. The molecule has 0 radical (unpaired) electrons. The van der Waals surface area contributed by atoms with Gasteiger partial charge in [0.25, 0.3) is 0 Å². The van der Waals surface area contributed by atoms with Crippen LogP contribution >= 0.6 is 0 Å². The first-order chi connectivity index (χ1) is 7.94. The minimum atomic E-state index is -0.725. The van der Waals surface area contributed by atoms with Crippen molar-refractivity contribution < 1.29 is 9.59 Å². The van der Waals surface area contributed by atoms with E-state index < -0.39 is 5.54 Å². The summed E-state index contributed by atoms with van der Waals surface area (Å²) in [5, 5.41) is 6.04. The quantitative estimate of drug-likeness (QED) is 0.653. The Hall–Kier alpha value is -1.10. The van der Waals surface area contributed by atoms with Gasteiger partial charge in [0.1, 0.15) is 5.54 Å². The van der Waals surface area contributed by atoms with Crippen LogP contribution in [0.25, 0.3) is 0 Å². The maximum absolute atomic E-state index is 12.5. The minimum Gasteiger partial charge on any atom is -0.352 e. The Kier molecular flexibility index (Phi) is 3.12. The molecule has 2 atom stereocenters. The van der Waals surface area contributed by atoms with E-state index >= 15 is 0 Å². The van der Waals surface area contributed by atoms with Crippen LogP contribution < -0.4 is 10.6 Å². The van der Waals surface area contributed by atoms with Crippen molar-refractivity contribution in [2.45, 2.75) is 26.3 Å². The summed E-state index contributed by atoms with van der Waals surface area (Å²) in [5.41, 5.74) is -0.725. The van der Waals surface area contributed by atoms with Crippen LogP contribution in [0, 0.1) is 11.8 Å². The highest BCUT2D eigenvalue weighted by molar-refractivity contribution is 5.92. The van der Waals surface area contributed by atoms with Crippen molar-refractivity contribution in [1.82, 2.24) is 15.5 Å². The third kappa shape index (κ3) is 2.04. The molecule has 17 heavy (non-hydrogen) atoms. The van der Waals surface area contributed by atoms with Crippen molar-refractivity contribution in [3.05, 3.63) is 0 Å². The summed E-state index contributed by atoms with van der Waals surface area (Å²) in [6, 6.07) is 0. The lowest BCUT2D eigenvalue weighted by Crippen LogP contribution is -2.64. The Morgan fingerprint density at radius 2 is 2.12 bits per heavy atom. The average molecular weight is 239 g/mol. The van der Waals surface area contributed by atoms with Crippen molar-refractivity contribution >= 4 is 11.8 Å². The number of nitrogens with zero attached hydrogens (tertiary/aromatic N) is 1. The first-order valence-corrected chi connectivity index (χ1v) is 6.25. The van der Waals surface area contributed by atoms with E-state index in [1.165, 1.54) is 0 Å². The molecule has 0 aromatic rings. The smallest absolute Gasteiger partial charge is 0.245 e. The van der Waals surface area contributed by atoms with Gasteiger partial charge >= 0.3 is 0 Å².